The summed E-state index contributed by atoms with van der Waals surface area (Å²) in [5.74, 6) is -0.590. The van der Waals surface area contributed by atoms with Crippen LogP contribution in [-0.4, -0.2) is 38.5 Å². The van der Waals surface area contributed by atoms with Crippen LogP contribution in [0.25, 0.3) is 11.0 Å². The summed E-state index contributed by atoms with van der Waals surface area (Å²) in [6, 6.07) is 13.3. The highest BCUT2D eigenvalue weighted by molar-refractivity contribution is 14.1. The number of hydrogen-bond acceptors (Lipinski definition) is 4. The van der Waals surface area contributed by atoms with Gasteiger partial charge in [-0.1, -0.05) is 23.7 Å². The molecule has 0 aliphatic carbocycles. The monoisotopic (exact) mass is 493 g/mol. The van der Waals surface area contributed by atoms with Crippen molar-refractivity contribution in [3.05, 3.63) is 62.3 Å². The molecular weight excluding hydrogens is 477 g/mol. The number of fused-ring (bicyclic) bond motifs is 1. The molecule has 27 heavy (non-hydrogen) atoms. The zero-order chi connectivity index (χ0) is 19.0. The highest BCUT2D eigenvalue weighted by Crippen LogP contribution is 2.27. The summed E-state index contributed by atoms with van der Waals surface area (Å²) in [6.07, 6.45) is 2.57. The number of aromatic hydroxyl groups is 1. The van der Waals surface area contributed by atoms with Gasteiger partial charge < -0.3 is 10.0 Å². The Labute approximate surface area is 175 Å². The lowest BCUT2D eigenvalue weighted by Gasteiger charge is -2.24. The molecule has 0 radical (unpaired) electrons. The summed E-state index contributed by atoms with van der Waals surface area (Å²) in [6.45, 7) is 0.649. The first-order chi connectivity index (χ1) is 13.0. The first-order valence-corrected chi connectivity index (χ1v) is 10.2. The standard InChI is InChI=1S/C20H17ClIN3O2/c21-13-4-1-3-12(9-13)10-15-5-2-8-25(15)20(27)18-19(26)24-17-11-14(22)6-7-16(17)23-18/h1,3-4,6-7,9,11,15H,2,5,8,10H2,(H,24,26). The summed E-state index contributed by atoms with van der Waals surface area (Å²) < 4.78 is 0.994. The number of likely N-dealkylation sites (tertiary alicyclic amines) is 1. The smallest absolute Gasteiger partial charge is 0.278 e. The number of rotatable bonds is 3. The lowest BCUT2D eigenvalue weighted by molar-refractivity contribution is 0.0727. The molecule has 0 spiro atoms. The molecule has 1 aliphatic rings. The minimum Gasteiger partial charge on any atom is -0.492 e. The minimum atomic E-state index is -0.317. The van der Waals surface area contributed by atoms with E-state index < -0.39 is 0 Å². The molecule has 7 heteroatoms. The van der Waals surface area contributed by atoms with Crippen molar-refractivity contribution >= 4 is 51.1 Å². The topological polar surface area (TPSA) is 66.3 Å². The molecule has 3 aromatic rings. The maximum atomic E-state index is 13.1. The van der Waals surface area contributed by atoms with Gasteiger partial charge in [0.25, 0.3) is 5.91 Å². The predicted octanol–water partition coefficient (Wildman–Crippen LogP) is 4.44. The Bertz CT molecular complexity index is 1030. The Kier molecular flexibility index (Phi) is 5.19. The van der Waals surface area contributed by atoms with E-state index in [0.717, 1.165) is 28.4 Å². The summed E-state index contributed by atoms with van der Waals surface area (Å²) >= 11 is 8.25. The fourth-order valence-electron chi connectivity index (χ4n) is 3.55. The Morgan fingerprint density at radius 1 is 1.22 bits per heavy atom. The molecule has 1 aromatic heterocycles. The summed E-state index contributed by atoms with van der Waals surface area (Å²) in [4.78, 5) is 23.4. The molecule has 0 bridgehead atoms. The van der Waals surface area contributed by atoms with E-state index in [0.29, 0.717) is 22.6 Å². The SMILES string of the molecule is O=C(c1nc2ccc(I)cc2nc1O)N1CCCC1Cc1cccc(Cl)c1. The molecule has 2 aromatic carbocycles. The van der Waals surface area contributed by atoms with E-state index in [4.69, 9.17) is 11.6 Å². The van der Waals surface area contributed by atoms with Crippen molar-refractivity contribution in [2.75, 3.05) is 6.54 Å². The lowest BCUT2D eigenvalue weighted by atomic mass is 10.0. The molecule has 2 heterocycles. The lowest BCUT2D eigenvalue weighted by Crippen LogP contribution is -2.37. The van der Waals surface area contributed by atoms with E-state index in [9.17, 15) is 9.90 Å². The molecule has 1 aliphatic heterocycles. The van der Waals surface area contributed by atoms with Gasteiger partial charge in [0, 0.05) is 21.2 Å². The van der Waals surface area contributed by atoms with Crippen LogP contribution in [0.5, 0.6) is 5.88 Å². The molecule has 1 saturated heterocycles. The van der Waals surface area contributed by atoms with Crippen molar-refractivity contribution in [2.24, 2.45) is 0 Å². The van der Waals surface area contributed by atoms with Gasteiger partial charge in [-0.25, -0.2) is 9.97 Å². The van der Waals surface area contributed by atoms with Crippen LogP contribution in [-0.2, 0) is 6.42 Å². The minimum absolute atomic E-state index is 0.0155. The molecule has 1 amide bonds. The van der Waals surface area contributed by atoms with Crippen LogP contribution in [0.4, 0.5) is 0 Å². The summed E-state index contributed by atoms with van der Waals surface area (Å²) in [5.41, 5.74) is 2.28. The van der Waals surface area contributed by atoms with Gasteiger partial charge in [-0.3, -0.25) is 4.79 Å². The zero-order valence-electron chi connectivity index (χ0n) is 14.4. The fourth-order valence-corrected chi connectivity index (χ4v) is 4.24. The van der Waals surface area contributed by atoms with Crippen LogP contribution >= 0.6 is 34.2 Å². The molecule has 4 rings (SSSR count). The molecule has 138 valence electrons. The number of carbonyl (C=O) groups is 1. The van der Waals surface area contributed by atoms with Gasteiger partial charge in [-0.2, -0.15) is 0 Å². The van der Waals surface area contributed by atoms with Crippen LogP contribution in [0.3, 0.4) is 0 Å². The van der Waals surface area contributed by atoms with E-state index in [1.165, 1.54) is 0 Å². The van der Waals surface area contributed by atoms with Gasteiger partial charge in [0.05, 0.1) is 11.0 Å². The van der Waals surface area contributed by atoms with Gasteiger partial charge in [0.15, 0.2) is 5.69 Å². The maximum Gasteiger partial charge on any atom is 0.278 e. The average Bonchev–Trinajstić information content (AvgIpc) is 3.08. The highest BCUT2D eigenvalue weighted by Gasteiger charge is 2.32. The van der Waals surface area contributed by atoms with Gasteiger partial charge in [-0.05, 0) is 77.7 Å². The van der Waals surface area contributed by atoms with Crippen molar-refractivity contribution in [1.82, 2.24) is 14.9 Å². The van der Waals surface area contributed by atoms with Crippen molar-refractivity contribution < 1.29 is 9.90 Å². The zero-order valence-corrected chi connectivity index (χ0v) is 17.3. The van der Waals surface area contributed by atoms with Crippen LogP contribution < -0.4 is 0 Å². The van der Waals surface area contributed by atoms with E-state index in [-0.39, 0.29) is 23.5 Å². The summed E-state index contributed by atoms with van der Waals surface area (Å²) in [5, 5.41) is 11.0. The second-order valence-corrected chi connectivity index (χ2v) is 8.34. The Balaban J connectivity index is 1.62. The van der Waals surface area contributed by atoms with Crippen LogP contribution in [0.2, 0.25) is 5.02 Å². The quantitative estimate of drug-likeness (QED) is 0.548. The Morgan fingerprint density at radius 3 is 2.89 bits per heavy atom. The molecule has 1 N–H and O–H groups in total. The van der Waals surface area contributed by atoms with E-state index in [1.54, 1.807) is 4.90 Å². The normalized spacial score (nSPS) is 16.8. The average molecular weight is 494 g/mol. The van der Waals surface area contributed by atoms with Gasteiger partial charge in [0.1, 0.15) is 0 Å². The molecule has 1 unspecified atom stereocenters. The Hall–Kier alpha value is -1.93. The van der Waals surface area contributed by atoms with E-state index in [2.05, 4.69) is 32.6 Å². The van der Waals surface area contributed by atoms with Crippen LogP contribution in [0.15, 0.2) is 42.5 Å². The number of benzene rings is 2. The van der Waals surface area contributed by atoms with Gasteiger partial charge in [0.2, 0.25) is 5.88 Å². The van der Waals surface area contributed by atoms with Crippen molar-refractivity contribution in [3.8, 4) is 5.88 Å². The van der Waals surface area contributed by atoms with Gasteiger partial charge in [-0.15, -0.1) is 0 Å². The van der Waals surface area contributed by atoms with Crippen molar-refractivity contribution in [3.63, 3.8) is 0 Å². The third kappa shape index (κ3) is 3.87. The fraction of sp³-hybridized carbons (Fsp3) is 0.250. The van der Waals surface area contributed by atoms with E-state index in [1.807, 2.05) is 42.5 Å². The largest absolute Gasteiger partial charge is 0.492 e. The van der Waals surface area contributed by atoms with Gasteiger partial charge >= 0.3 is 0 Å². The summed E-state index contributed by atoms with van der Waals surface area (Å²) in [7, 11) is 0. The van der Waals surface area contributed by atoms with E-state index >= 15 is 0 Å². The first-order valence-electron chi connectivity index (χ1n) is 8.73. The molecule has 1 atom stereocenters. The molecule has 1 fully saturated rings. The second-order valence-electron chi connectivity index (χ2n) is 6.66. The van der Waals surface area contributed by atoms with Crippen LogP contribution in [0, 0.1) is 3.57 Å². The van der Waals surface area contributed by atoms with Crippen LogP contribution in [0.1, 0.15) is 28.9 Å². The highest BCUT2D eigenvalue weighted by atomic mass is 127. The number of carbonyl (C=O) groups excluding carboxylic acids is 1. The number of hydrogen-bond donors (Lipinski definition) is 1. The maximum absolute atomic E-state index is 13.1. The van der Waals surface area contributed by atoms with Crippen molar-refractivity contribution in [2.45, 2.75) is 25.3 Å². The third-order valence-electron chi connectivity index (χ3n) is 4.81. The Morgan fingerprint density at radius 2 is 2.07 bits per heavy atom. The molecule has 0 saturated carbocycles. The number of amides is 1. The van der Waals surface area contributed by atoms with Crippen molar-refractivity contribution in [1.29, 1.82) is 0 Å². The predicted molar refractivity (Wildman–Crippen MR) is 113 cm³/mol. The first kappa shape index (κ1) is 18.4. The molecule has 5 nitrogen and oxygen atoms in total. The third-order valence-corrected chi connectivity index (χ3v) is 5.71. The second kappa shape index (κ2) is 7.59. The number of aromatic nitrogens is 2. The molecular formula is C20H17ClIN3O2. The number of halogens is 2. The number of nitrogens with zero attached hydrogens (tertiary/aromatic N) is 3.